The van der Waals surface area contributed by atoms with Crippen molar-refractivity contribution in [3.8, 4) is 0 Å². The van der Waals surface area contributed by atoms with Gasteiger partial charge in [0.25, 0.3) is 5.91 Å². The van der Waals surface area contributed by atoms with Crippen LogP contribution in [0.25, 0.3) is 10.9 Å². The zero-order chi connectivity index (χ0) is 29.7. The van der Waals surface area contributed by atoms with Crippen LogP contribution in [0.4, 0.5) is 28.9 Å². The van der Waals surface area contributed by atoms with Crippen molar-refractivity contribution in [1.29, 1.82) is 0 Å². The first kappa shape index (κ1) is 28.6. The number of alkyl halides is 3. The number of halogens is 4. The van der Waals surface area contributed by atoms with Gasteiger partial charge in [0.2, 0.25) is 5.91 Å². The summed E-state index contributed by atoms with van der Waals surface area (Å²) in [6.45, 7) is 0.356. The van der Waals surface area contributed by atoms with E-state index in [2.05, 4.69) is 10.6 Å². The molecule has 0 unspecified atom stereocenters. The van der Waals surface area contributed by atoms with Crippen molar-refractivity contribution < 1.29 is 31.9 Å². The van der Waals surface area contributed by atoms with Crippen molar-refractivity contribution in [3.63, 3.8) is 0 Å². The van der Waals surface area contributed by atoms with Gasteiger partial charge in [-0.05, 0) is 71.8 Å². The standard InChI is InChI=1S/C32H25F4N3O3/c33-25-10-6-21(7-11-25)18-39-28-15-14-27(37-30(40)20-42-19-22-4-2-1-3-5-22)16-23(28)17-29(39)31(41)38-26-12-8-24(9-13-26)32(34,35)36/h1-17H,18-20H2,(H,37,40)(H,38,41). The van der Waals surface area contributed by atoms with Gasteiger partial charge in [-0.2, -0.15) is 13.2 Å². The summed E-state index contributed by atoms with van der Waals surface area (Å²) in [6.07, 6.45) is -4.49. The number of anilines is 2. The third kappa shape index (κ3) is 7.02. The van der Waals surface area contributed by atoms with E-state index in [-0.39, 0.29) is 37.0 Å². The van der Waals surface area contributed by atoms with E-state index < -0.39 is 23.5 Å². The van der Waals surface area contributed by atoms with E-state index in [1.807, 2.05) is 30.3 Å². The molecule has 1 aromatic heterocycles. The minimum Gasteiger partial charge on any atom is -0.367 e. The second-order valence-corrected chi connectivity index (χ2v) is 9.57. The molecule has 214 valence electrons. The molecule has 0 fully saturated rings. The predicted octanol–water partition coefficient (Wildman–Crippen LogP) is 7.26. The Bertz CT molecular complexity index is 1700. The first-order valence-electron chi connectivity index (χ1n) is 12.9. The Hall–Kier alpha value is -4.96. The highest BCUT2D eigenvalue weighted by Crippen LogP contribution is 2.30. The highest BCUT2D eigenvalue weighted by Gasteiger charge is 2.30. The molecule has 6 nitrogen and oxygen atoms in total. The zero-order valence-corrected chi connectivity index (χ0v) is 22.1. The van der Waals surface area contributed by atoms with E-state index in [4.69, 9.17) is 4.74 Å². The number of carbonyl (C=O) groups excluding carboxylic acids is 2. The lowest BCUT2D eigenvalue weighted by Crippen LogP contribution is -2.18. The van der Waals surface area contributed by atoms with Crippen molar-refractivity contribution in [3.05, 3.63) is 131 Å². The third-order valence-electron chi connectivity index (χ3n) is 6.49. The Morgan fingerprint density at radius 2 is 1.45 bits per heavy atom. The monoisotopic (exact) mass is 575 g/mol. The summed E-state index contributed by atoms with van der Waals surface area (Å²) in [5, 5.41) is 6.06. The van der Waals surface area contributed by atoms with Gasteiger partial charge in [-0.25, -0.2) is 4.39 Å². The van der Waals surface area contributed by atoms with Crippen LogP contribution in [-0.2, 0) is 28.9 Å². The number of nitrogens with zero attached hydrogens (tertiary/aromatic N) is 1. The Balaban J connectivity index is 1.37. The van der Waals surface area contributed by atoms with E-state index in [0.29, 0.717) is 16.6 Å². The number of aromatic nitrogens is 1. The van der Waals surface area contributed by atoms with E-state index in [9.17, 15) is 27.2 Å². The summed E-state index contributed by atoms with van der Waals surface area (Å²) in [5.74, 6) is -1.30. The molecule has 0 radical (unpaired) electrons. The number of rotatable bonds is 9. The van der Waals surface area contributed by atoms with Gasteiger partial charge in [-0.15, -0.1) is 0 Å². The van der Waals surface area contributed by atoms with Crippen LogP contribution in [0.5, 0.6) is 0 Å². The molecule has 2 amide bonds. The molecule has 0 bridgehead atoms. The van der Waals surface area contributed by atoms with Crippen LogP contribution >= 0.6 is 0 Å². The highest BCUT2D eigenvalue weighted by molar-refractivity contribution is 6.07. The Kier molecular flexibility index (Phi) is 8.35. The first-order valence-corrected chi connectivity index (χ1v) is 12.9. The fraction of sp³-hybridized carbons (Fsp3) is 0.125. The topological polar surface area (TPSA) is 72.4 Å². The molecule has 0 aliphatic rings. The molecule has 1 heterocycles. The quantitative estimate of drug-likeness (QED) is 0.182. The third-order valence-corrected chi connectivity index (χ3v) is 6.49. The minimum atomic E-state index is -4.49. The smallest absolute Gasteiger partial charge is 0.367 e. The van der Waals surface area contributed by atoms with Gasteiger partial charge in [-0.3, -0.25) is 9.59 Å². The number of carbonyl (C=O) groups is 2. The molecule has 0 aliphatic carbocycles. The van der Waals surface area contributed by atoms with Crippen molar-refractivity contribution >= 4 is 34.1 Å². The summed E-state index contributed by atoms with van der Waals surface area (Å²) < 4.78 is 59.6. The van der Waals surface area contributed by atoms with Crippen LogP contribution in [0.2, 0.25) is 0 Å². The largest absolute Gasteiger partial charge is 0.416 e. The van der Waals surface area contributed by atoms with Gasteiger partial charge in [0.15, 0.2) is 0 Å². The van der Waals surface area contributed by atoms with Crippen LogP contribution in [0, 0.1) is 5.82 Å². The summed E-state index contributed by atoms with van der Waals surface area (Å²) in [5.41, 5.74) is 2.41. The summed E-state index contributed by atoms with van der Waals surface area (Å²) in [7, 11) is 0. The Labute approximate surface area is 238 Å². The lowest BCUT2D eigenvalue weighted by molar-refractivity contribution is -0.137. The van der Waals surface area contributed by atoms with Crippen LogP contribution in [-0.4, -0.2) is 23.0 Å². The number of amides is 2. The summed E-state index contributed by atoms with van der Waals surface area (Å²) in [4.78, 5) is 25.8. The molecule has 0 saturated heterocycles. The van der Waals surface area contributed by atoms with Crippen LogP contribution in [0.3, 0.4) is 0 Å². The Morgan fingerprint density at radius 3 is 2.14 bits per heavy atom. The maximum atomic E-state index is 13.5. The van der Waals surface area contributed by atoms with Crippen molar-refractivity contribution in [2.24, 2.45) is 0 Å². The van der Waals surface area contributed by atoms with Gasteiger partial charge in [-0.1, -0.05) is 42.5 Å². The molecule has 4 aromatic carbocycles. The minimum absolute atomic E-state index is 0.153. The molecule has 0 spiro atoms. The highest BCUT2D eigenvalue weighted by atomic mass is 19.4. The maximum absolute atomic E-state index is 13.5. The van der Waals surface area contributed by atoms with Crippen molar-refractivity contribution in [2.45, 2.75) is 19.3 Å². The van der Waals surface area contributed by atoms with E-state index >= 15 is 0 Å². The normalized spacial score (nSPS) is 11.4. The number of fused-ring (bicyclic) bond motifs is 1. The molecule has 2 N–H and O–H groups in total. The first-order chi connectivity index (χ1) is 20.2. The average Bonchev–Trinajstić information content (AvgIpc) is 3.32. The van der Waals surface area contributed by atoms with E-state index in [1.165, 1.54) is 24.3 Å². The zero-order valence-electron chi connectivity index (χ0n) is 22.1. The predicted molar refractivity (Wildman–Crippen MR) is 152 cm³/mol. The number of hydrogen-bond donors (Lipinski definition) is 2. The summed E-state index contributed by atoms with van der Waals surface area (Å²) >= 11 is 0. The fourth-order valence-electron chi connectivity index (χ4n) is 4.45. The van der Waals surface area contributed by atoms with Gasteiger partial charge in [0.05, 0.1) is 12.2 Å². The number of ether oxygens (including phenoxy) is 1. The van der Waals surface area contributed by atoms with Crippen molar-refractivity contribution in [2.75, 3.05) is 17.2 Å². The van der Waals surface area contributed by atoms with Crippen molar-refractivity contribution in [1.82, 2.24) is 4.57 Å². The molecule has 5 rings (SSSR count). The number of benzene rings is 4. The molecule has 5 aromatic rings. The van der Waals surface area contributed by atoms with Crippen LogP contribution in [0.1, 0.15) is 27.2 Å². The van der Waals surface area contributed by atoms with E-state index in [1.54, 1.807) is 41.0 Å². The molecule has 0 aliphatic heterocycles. The SMILES string of the molecule is O=C(COCc1ccccc1)Nc1ccc2c(c1)cc(C(=O)Nc1ccc(C(F)(F)F)cc1)n2Cc1ccc(F)cc1. The molecule has 10 heteroatoms. The van der Waals surface area contributed by atoms with Gasteiger partial charge in [0, 0.05) is 28.8 Å². The molecular weight excluding hydrogens is 550 g/mol. The average molecular weight is 576 g/mol. The maximum Gasteiger partial charge on any atom is 0.416 e. The van der Waals surface area contributed by atoms with Gasteiger partial charge >= 0.3 is 6.18 Å². The molecule has 0 atom stereocenters. The lowest BCUT2D eigenvalue weighted by Gasteiger charge is -2.13. The van der Waals surface area contributed by atoms with E-state index in [0.717, 1.165) is 23.3 Å². The molecule has 42 heavy (non-hydrogen) atoms. The van der Waals surface area contributed by atoms with Crippen LogP contribution in [0.15, 0.2) is 103 Å². The fourth-order valence-corrected chi connectivity index (χ4v) is 4.45. The molecular formula is C32H25F4N3O3. The van der Waals surface area contributed by atoms with Crippen LogP contribution < -0.4 is 10.6 Å². The second kappa shape index (κ2) is 12.3. The van der Waals surface area contributed by atoms with Gasteiger partial charge < -0.3 is 19.9 Å². The number of nitrogens with one attached hydrogen (secondary N) is 2. The van der Waals surface area contributed by atoms with Gasteiger partial charge in [0.1, 0.15) is 18.1 Å². The Morgan fingerprint density at radius 1 is 0.762 bits per heavy atom. The summed E-state index contributed by atoms with van der Waals surface area (Å²) in [6, 6.07) is 26.2. The lowest BCUT2D eigenvalue weighted by atomic mass is 10.2. The number of hydrogen-bond acceptors (Lipinski definition) is 3. The molecule has 0 saturated carbocycles. The second-order valence-electron chi connectivity index (χ2n) is 9.57.